The molecule has 0 unspecified atom stereocenters. The number of para-hydroxylation sites is 1. The second-order valence-electron chi connectivity index (χ2n) is 3.64. The van der Waals surface area contributed by atoms with Crippen LogP contribution >= 0.6 is 23.4 Å². The summed E-state index contributed by atoms with van der Waals surface area (Å²) in [7, 11) is 0. The van der Waals surface area contributed by atoms with Crippen molar-refractivity contribution in [1.82, 2.24) is 9.97 Å². The Morgan fingerprint density at radius 2 is 2.21 bits per heavy atom. The maximum atomic E-state index is 11.3. The topological polar surface area (TPSA) is 88.9 Å². The fourth-order valence-electron chi connectivity index (χ4n) is 1.46. The Hall–Kier alpha value is -1.86. The average Bonchev–Trinajstić information content (AvgIpc) is 2.26. The Labute approximate surface area is 117 Å². The molecule has 19 heavy (non-hydrogen) atoms. The Balaban J connectivity index is 2.46. The number of aryl methyl sites for hydroxylation is 1. The van der Waals surface area contributed by atoms with Gasteiger partial charge in [-0.2, -0.15) is 0 Å². The van der Waals surface area contributed by atoms with Gasteiger partial charge in [0.05, 0.1) is 9.82 Å². The number of aromatic amines is 1. The number of hydrogen-bond acceptors (Lipinski definition) is 5. The zero-order valence-electron chi connectivity index (χ0n) is 9.71. The van der Waals surface area contributed by atoms with Crippen molar-refractivity contribution in [2.45, 2.75) is 17.0 Å². The van der Waals surface area contributed by atoms with E-state index in [0.29, 0.717) is 10.6 Å². The lowest BCUT2D eigenvalue weighted by molar-refractivity contribution is -0.387. The Morgan fingerprint density at radius 3 is 2.84 bits per heavy atom. The molecule has 2 rings (SSSR count). The summed E-state index contributed by atoms with van der Waals surface area (Å²) in [6.07, 6.45) is 0. The van der Waals surface area contributed by atoms with Gasteiger partial charge in [0.25, 0.3) is 5.56 Å². The van der Waals surface area contributed by atoms with Crippen molar-refractivity contribution < 1.29 is 4.92 Å². The number of H-pyrrole nitrogens is 1. The van der Waals surface area contributed by atoms with Crippen LogP contribution < -0.4 is 5.56 Å². The summed E-state index contributed by atoms with van der Waals surface area (Å²) in [5, 5.41) is 11.3. The highest BCUT2D eigenvalue weighted by molar-refractivity contribution is 7.99. The van der Waals surface area contributed by atoms with E-state index in [1.165, 1.54) is 12.1 Å². The van der Waals surface area contributed by atoms with E-state index in [2.05, 4.69) is 9.97 Å². The number of nitro benzene ring substituents is 1. The van der Waals surface area contributed by atoms with E-state index in [1.54, 1.807) is 19.1 Å². The van der Waals surface area contributed by atoms with E-state index < -0.39 is 4.92 Å². The van der Waals surface area contributed by atoms with Gasteiger partial charge in [-0.05, 0) is 30.8 Å². The molecule has 0 atom stereocenters. The largest absolute Gasteiger partial charge is 0.301 e. The number of nitrogens with zero attached hydrogens (tertiary/aromatic N) is 2. The Bertz CT molecular complexity index is 702. The van der Waals surface area contributed by atoms with Gasteiger partial charge in [0.1, 0.15) is 5.02 Å². The number of nitro groups is 1. The predicted molar refractivity (Wildman–Crippen MR) is 71.8 cm³/mol. The van der Waals surface area contributed by atoms with Crippen LogP contribution in [0.15, 0.2) is 39.1 Å². The van der Waals surface area contributed by atoms with Crippen LogP contribution in [-0.2, 0) is 0 Å². The lowest BCUT2D eigenvalue weighted by Crippen LogP contribution is -2.08. The molecule has 0 aliphatic carbocycles. The summed E-state index contributed by atoms with van der Waals surface area (Å²) in [6.45, 7) is 1.67. The first-order valence-electron chi connectivity index (χ1n) is 5.16. The monoisotopic (exact) mass is 297 g/mol. The van der Waals surface area contributed by atoms with Gasteiger partial charge in [0.2, 0.25) is 0 Å². The first-order chi connectivity index (χ1) is 8.97. The highest BCUT2D eigenvalue weighted by atomic mass is 35.5. The molecule has 0 aliphatic heterocycles. The standard InChI is InChI=1S/C11H8ClN3O3S/c1-6-5-9(16)14-11(13-6)19-8-4-2-3-7(12)10(8)15(17)18/h2-5H,1H3,(H,13,14,16). The van der Waals surface area contributed by atoms with Crippen LogP contribution in [0.4, 0.5) is 5.69 Å². The molecule has 0 radical (unpaired) electrons. The maximum Gasteiger partial charge on any atom is 0.301 e. The van der Waals surface area contributed by atoms with E-state index in [4.69, 9.17) is 11.6 Å². The Morgan fingerprint density at radius 1 is 1.47 bits per heavy atom. The fraction of sp³-hybridized carbons (Fsp3) is 0.0909. The van der Waals surface area contributed by atoms with Crippen molar-refractivity contribution in [2.24, 2.45) is 0 Å². The van der Waals surface area contributed by atoms with Gasteiger partial charge < -0.3 is 4.98 Å². The molecular formula is C11H8ClN3O3S. The molecule has 98 valence electrons. The van der Waals surface area contributed by atoms with Gasteiger partial charge in [0, 0.05) is 11.8 Å². The number of nitrogens with one attached hydrogen (secondary N) is 1. The molecule has 0 aliphatic rings. The van der Waals surface area contributed by atoms with Gasteiger partial charge in [-0.15, -0.1) is 0 Å². The minimum absolute atomic E-state index is 0.0463. The molecule has 0 amide bonds. The molecular weight excluding hydrogens is 290 g/mol. The molecule has 6 nitrogen and oxygen atoms in total. The van der Waals surface area contributed by atoms with Crippen LogP contribution in [0.3, 0.4) is 0 Å². The summed E-state index contributed by atoms with van der Waals surface area (Å²) in [6, 6.07) is 5.94. The van der Waals surface area contributed by atoms with Gasteiger partial charge in [-0.3, -0.25) is 14.9 Å². The highest BCUT2D eigenvalue weighted by Crippen LogP contribution is 2.37. The molecule has 0 bridgehead atoms. The normalized spacial score (nSPS) is 10.4. The van der Waals surface area contributed by atoms with E-state index in [0.717, 1.165) is 11.8 Å². The van der Waals surface area contributed by atoms with Crippen LogP contribution in [0.25, 0.3) is 0 Å². The van der Waals surface area contributed by atoms with Crippen molar-refractivity contribution in [1.29, 1.82) is 0 Å². The summed E-state index contributed by atoms with van der Waals surface area (Å²) in [5.41, 5.74) is 0.0361. The molecule has 8 heteroatoms. The quantitative estimate of drug-likeness (QED) is 0.534. The van der Waals surface area contributed by atoms with Crippen LogP contribution in [0.5, 0.6) is 0 Å². The molecule has 1 N–H and O–H groups in total. The molecule has 1 aromatic carbocycles. The SMILES string of the molecule is Cc1cc(=O)[nH]c(Sc2cccc(Cl)c2[N+](=O)[O-])n1. The number of rotatable bonds is 3. The molecule has 0 saturated heterocycles. The van der Waals surface area contributed by atoms with E-state index in [9.17, 15) is 14.9 Å². The second kappa shape index (κ2) is 5.41. The molecule has 0 fully saturated rings. The highest BCUT2D eigenvalue weighted by Gasteiger charge is 2.19. The van der Waals surface area contributed by atoms with Gasteiger partial charge in [-0.1, -0.05) is 17.7 Å². The van der Waals surface area contributed by atoms with Gasteiger partial charge >= 0.3 is 5.69 Å². The fourth-order valence-corrected chi connectivity index (χ4v) is 2.74. The minimum Gasteiger partial charge on any atom is -0.301 e. The molecule has 0 spiro atoms. The van der Waals surface area contributed by atoms with Gasteiger partial charge in [-0.25, -0.2) is 4.98 Å². The van der Waals surface area contributed by atoms with Crippen LogP contribution in [0.1, 0.15) is 5.69 Å². The predicted octanol–water partition coefficient (Wildman–Crippen LogP) is 2.79. The van der Waals surface area contributed by atoms with Crippen molar-refractivity contribution in [2.75, 3.05) is 0 Å². The minimum atomic E-state index is -0.557. The van der Waals surface area contributed by atoms with Crippen molar-refractivity contribution >= 4 is 29.1 Å². The molecule has 1 aromatic heterocycles. The summed E-state index contributed by atoms with van der Waals surface area (Å²) >= 11 is 6.80. The number of benzene rings is 1. The molecule has 0 saturated carbocycles. The third-order valence-electron chi connectivity index (χ3n) is 2.19. The zero-order chi connectivity index (χ0) is 14.0. The van der Waals surface area contributed by atoms with Crippen molar-refractivity contribution in [3.63, 3.8) is 0 Å². The second-order valence-corrected chi connectivity index (χ2v) is 5.08. The van der Waals surface area contributed by atoms with E-state index in [-0.39, 0.29) is 21.4 Å². The summed E-state index contributed by atoms with van der Waals surface area (Å²) in [4.78, 5) is 28.7. The van der Waals surface area contributed by atoms with Crippen LogP contribution in [0, 0.1) is 17.0 Å². The number of aromatic nitrogens is 2. The lowest BCUT2D eigenvalue weighted by atomic mass is 10.3. The third-order valence-corrected chi connectivity index (χ3v) is 3.43. The lowest BCUT2D eigenvalue weighted by Gasteiger charge is -2.03. The summed E-state index contributed by atoms with van der Waals surface area (Å²) < 4.78 is 0. The number of hydrogen-bond donors (Lipinski definition) is 1. The molecule has 1 heterocycles. The van der Waals surface area contributed by atoms with Crippen molar-refractivity contribution in [3.8, 4) is 0 Å². The van der Waals surface area contributed by atoms with Crippen LogP contribution in [-0.4, -0.2) is 14.9 Å². The van der Waals surface area contributed by atoms with Crippen molar-refractivity contribution in [3.05, 3.63) is 55.5 Å². The first kappa shape index (κ1) is 13.6. The maximum absolute atomic E-state index is 11.3. The Kier molecular flexibility index (Phi) is 3.87. The van der Waals surface area contributed by atoms with Crippen LogP contribution in [0.2, 0.25) is 5.02 Å². The smallest absolute Gasteiger partial charge is 0.301 e. The number of halogens is 1. The molecule has 2 aromatic rings. The summed E-state index contributed by atoms with van der Waals surface area (Å²) in [5.74, 6) is 0. The third kappa shape index (κ3) is 3.12. The van der Waals surface area contributed by atoms with E-state index in [1.807, 2.05) is 0 Å². The zero-order valence-corrected chi connectivity index (χ0v) is 11.3. The van der Waals surface area contributed by atoms with E-state index >= 15 is 0 Å². The first-order valence-corrected chi connectivity index (χ1v) is 6.35. The van der Waals surface area contributed by atoms with Gasteiger partial charge in [0.15, 0.2) is 5.16 Å². The average molecular weight is 298 g/mol.